The van der Waals surface area contributed by atoms with E-state index in [1.807, 2.05) is 47.2 Å². The predicted octanol–water partition coefficient (Wildman–Crippen LogP) is 5.41. The topological polar surface area (TPSA) is 42.2 Å². The molecule has 0 aliphatic rings. The van der Waals surface area contributed by atoms with Crippen molar-refractivity contribution in [1.29, 1.82) is 0 Å². The van der Waals surface area contributed by atoms with E-state index in [0.29, 0.717) is 0 Å². The number of nitrogens with zero attached hydrogens (tertiary/aromatic N) is 3. The Morgan fingerprint density at radius 3 is 2.70 bits per heavy atom. The van der Waals surface area contributed by atoms with Crippen molar-refractivity contribution >= 4 is 11.3 Å². The van der Waals surface area contributed by atoms with Gasteiger partial charge in [0.25, 0.3) is 0 Å². The van der Waals surface area contributed by atoms with Crippen molar-refractivity contribution in [2.75, 3.05) is 11.9 Å². The summed E-state index contributed by atoms with van der Waals surface area (Å²) in [7, 11) is 0. The molecule has 27 heavy (non-hydrogen) atoms. The standard InChI is InChI=1S/C22H21FN4/c1-2-3-12-24-20-15-17(11-13-25-20)21-19-6-4-5-14-27(19)26-22(21)16-7-9-18(23)10-8-16/h4-11,13-15H,2-3,12H2,1H3,(H,24,25). The number of benzene rings is 1. The molecular formula is C22H21FN4. The Morgan fingerprint density at radius 1 is 1.04 bits per heavy atom. The van der Waals surface area contributed by atoms with Gasteiger partial charge in [-0.1, -0.05) is 19.4 Å². The first-order valence-corrected chi connectivity index (χ1v) is 9.20. The van der Waals surface area contributed by atoms with Gasteiger partial charge < -0.3 is 5.32 Å². The number of aromatic nitrogens is 3. The Balaban J connectivity index is 1.84. The van der Waals surface area contributed by atoms with Crippen molar-refractivity contribution in [1.82, 2.24) is 14.6 Å². The van der Waals surface area contributed by atoms with Gasteiger partial charge in [0.15, 0.2) is 0 Å². The van der Waals surface area contributed by atoms with Crippen LogP contribution in [0.1, 0.15) is 19.8 Å². The molecule has 0 unspecified atom stereocenters. The molecule has 0 fully saturated rings. The number of unbranched alkanes of at least 4 members (excludes halogenated alkanes) is 1. The van der Waals surface area contributed by atoms with Crippen LogP contribution in [0, 0.1) is 5.82 Å². The van der Waals surface area contributed by atoms with Crippen LogP contribution in [-0.4, -0.2) is 21.1 Å². The van der Waals surface area contributed by atoms with Crippen LogP contribution >= 0.6 is 0 Å². The van der Waals surface area contributed by atoms with Crippen molar-refractivity contribution < 1.29 is 4.39 Å². The Hall–Kier alpha value is -3.21. The highest BCUT2D eigenvalue weighted by atomic mass is 19.1. The maximum absolute atomic E-state index is 13.4. The van der Waals surface area contributed by atoms with Crippen molar-refractivity contribution in [2.45, 2.75) is 19.8 Å². The molecule has 4 nitrogen and oxygen atoms in total. The van der Waals surface area contributed by atoms with E-state index in [1.54, 1.807) is 12.1 Å². The number of rotatable bonds is 6. The van der Waals surface area contributed by atoms with E-state index >= 15 is 0 Å². The minimum atomic E-state index is -0.254. The largest absolute Gasteiger partial charge is 0.370 e. The second-order valence-corrected chi connectivity index (χ2v) is 6.47. The maximum Gasteiger partial charge on any atom is 0.126 e. The third-order valence-electron chi connectivity index (χ3n) is 4.54. The smallest absolute Gasteiger partial charge is 0.126 e. The van der Waals surface area contributed by atoms with E-state index < -0.39 is 0 Å². The summed E-state index contributed by atoms with van der Waals surface area (Å²) < 4.78 is 15.2. The molecule has 136 valence electrons. The third-order valence-corrected chi connectivity index (χ3v) is 4.54. The first-order chi connectivity index (χ1) is 13.3. The Labute approximate surface area is 157 Å². The quantitative estimate of drug-likeness (QED) is 0.467. The highest BCUT2D eigenvalue weighted by Crippen LogP contribution is 2.35. The zero-order chi connectivity index (χ0) is 18.6. The van der Waals surface area contributed by atoms with Gasteiger partial charge in [-0.05, 0) is 60.5 Å². The summed E-state index contributed by atoms with van der Waals surface area (Å²) in [5.74, 6) is 0.594. The van der Waals surface area contributed by atoms with Crippen LogP contribution in [0.2, 0.25) is 0 Å². The monoisotopic (exact) mass is 360 g/mol. The van der Waals surface area contributed by atoms with Crippen molar-refractivity contribution in [3.05, 3.63) is 72.8 Å². The summed E-state index contributed by atoms with van der Waals surface area (Å²) in [5.41, 5.74) is 4.76. The maximum atomic E-state index is 13.4. The SMILES string of the molecule is CCCCNc1cc(-c2c(-c3ccc(F)cc3)nn3ccccc23)ccn1. The van der Waals surface area contributed by atoms with Crippen molar-refractivity contribution in [2.24, 2.45) is 0 Å². The Morgan fingerprint density at radius 2 is 1.89 bits per heavy atom. The number of halogens is 1. The van der Waals surface area contributed by atoms with E-state index in [-0.39, 0.29) is 5.82 Å². The highest BCUT2D eigenvalue weighted by Gasteiger charge is 2.16. The molecule has 3 heterocycles. The fourth-order valence-electron chi connectivity index (χ4n) is 3.17. The normalized spacial score (nSPS) is 11.0. The van der Waals surface area contributed by atoms with Crippen LogP contribution < -0.4 is 5.32 Å². The molecule has 0 atom stereocenters. The average molecular weight is 360 g/mol. The lowest BCUT2D eigenvalue weighted by atomic mass is 10.0. The number of pyridine rings is 2. The minimum absolute atomic E-state index is 0.254. The Kier molecular flexibility index (Phi) is 4.83. The molecule has 4 aromatic rings. The number of hydrogen-bond acceptors (Lipinski definition) is 3. The molecule has 0 amide bonds. The summed E-state index contributed by atoms with van der Waals surface area (Å²) in [4.78, 5) is 4.43. The van der Waals surface area contributed by atoms with E-state index in [4.69, 9.17) is 5.10 Å². The molecule has 0 saturated carbocycles. The van der Waals surface area contributed by atoms with Gasteiger partial charge in [-0.25, -0.2) is 13.9 Å². The van der Waals surface area contributed by atoms with E-state index in [9.17, 15) is 4.39 Å². The lowest BCUT2D eigenvalue weighted by Crippen LogP contribution is -2.02. The molecule has 4 rings (SSSR count). The predicted molar refractivity (Wildman–Crippen MR) is 107 cm³/mol. The third kappa shape index (κ3) is 3.53. The zero-order valence-electron chi connectivity index (χ0n) is 15.2. The number of hydrogen-bond donors (Lipinski definition) is 1. The van der Waals surface area contributed by atoms with Gasteiger partial charge in [0.2, 0.25) is 0 Å². The highest BCUT2D eigenvalue weighted by molar-refractivity contribution is 5.92. The lowest BCUT2D eigenvalue weighted by Gasteiger charge is -2.08. The fourth-order valence-corrected chi connectivity index (χ4v) is 3.17. The fraction of sp³-hybridized carbons (Fsp3) is 0.182. The summed E-state index contributed by atoms with van der Waals surface area (Å²) in [6.07, 6.45) is 5.97. The Bertz CT molecular complexity index is 1050. The number of nitrogens with one attached hydrogen (secondary N) is 1. The van der Waals surface area contributed by atoms with Crippen LogP contribution in [-0.2, 0) is 0 Å². The second kappa shape index (κ2) is 7.58. The van der Waals surface area contributed by atoms with Gasteiger partial charge in [0.05, 0.1) is 5.52 Å². The van der Waals surface area contributed by atoms with Gasteiger partial charge in [0.1, 0.15) is 17.3 Å². The van der Waals surface area contributed by atoms with Gasteiger partial charge in [-0.2, -0.15) is 5.10 Å². The van der Waals surface area contributed by atoms with Crippen LogP contribution in [0.15, 0.2) is 67.0 Å². The van der Waals surface area contributed by atoms with Crippen LogP contribution in [0.4, 0.5) is 10.2 Å². The molecule has 1 N–H and O–H groups in total. The summed E-state index contributed by atoms with van der Waals surface area (Å²) in [6, 6.07) is 16.5. The average Bonchev–Trinajstić information content (AvgIpc) is 3.08. The van der Waals surface area contributed by atoms with Crippen LogP contribution in [0.3, 0.4) is 0 Å². The molecule has 0 aliphatic heterocycles. The van der Waals surface area contributed by atoms with Gasteiger partial charge >= 0.3 is 0 Å². The molecule has 5 heteroatoms. The van der Waals surface area contributed by atoms with Gasteiger partial charge in [-0.15, -0.1) is 0 Å². The summed E-state index contributed by atoms with van der Waals surface area (Å²) >= 11 is 0. The van der Waals surface area contributed by atoms with Gasteiger partial charge in [0, 0.05) is 30.1 Å². The lowest BCUT2D eigenvalue weighted by molar-refractivity contribution is 0.628. The first kappa shape index (κ1) is 17.2. The van der Waals surface area contributed by atoms with Gasteiger partial charge in [-0.3, -0.25) is 0 Å². The zero-order valence-corrected chi connectivity index (χ0v) is 15.2. The van der Waals surface area contributed by atoms with Crippen LogP contribution in [0.5, 0.6) is 0 Å². The molecule has 0 bridgehead atoms. The second-order valence-electron chi connectivity index (χ2n) is 6.47. The summed E-state index contributed by atoms with van der Waals surface area (Å²) in [5, 5.41) is 8.12. The minimum Gasteiger partial charge on any atom is -0.370 e. The molecular weight excluding hydrogens is 339 g/mol. The van der Waals surface area contributed by atoms with Crippen molar-refractivity contribution in [3.8, 4) is 22.4 Å². The van der Waals surface area contributed by atoms with Crippen LogP contribution in [0.25, 0.3) is 27.9 Å². The van der Waals surface area contributed by atoms with E-state index in [2.05, 4.69) is 17.2 Å². The number of fused-ring (bicyclic) bond motifs is 1. The molecule has 0 radical (unpaired) electrons. The molecule has 0 saturated heterocycles. The number of anilines is 1. The molecule has 0 aliphatic carbocycles. The molecule has 0 spiro atoms. The van der Waals surface area contributed by atoms with E-state index in [1.165, 1.54) is 12.1 Å². The molecule has 3 aromatic heterocycles. The van der Waals surface area contributed by atoms with E-state index in [0.717, 1.165) is 53.1 Å². The van der Waals surface area contributed by atoms with Crippen molar-refractivity contribution in [3.63, 3.8) is 0 Å². The summed E-state index contributed by atoms with van der Waals surface area (Å²) in [6.45, 7) is 3.06. The molecule has 1 aromatic carbocycles. The first-order valence-electron chi connectivity index (χ1n) is 9.20.